The summed E-state index contributed by atoms with van der Waals surface area (Å²) in [6, 6.07) is 10.9. The van der Waals surface area contributed by atoms with Crippen molar-refractivity contribution >= 4 is 17.7 Å². The number of amides is 1. The van der Waals surface area contributed by atoms with E-state index < -0.39 is 6.10 Å². The number of thioether (sulfide) groups is 1. The number of benzene rings is 1. The summed E-state index contributed by atoms with van der Waals surface area (Å²) in [5.74, 6) is -0.216. The molecule has 2 rings (SSSR count). The first-order valence-electron chi connectivity index (χ1n) is 6.21. The predicted molar refractivity (Wildman–Crippen MR) is 79.8 cm³/mol. The van der Waals surface area contributed by atoms with Gasteiger partial charge in [-0.1, -0.05) is 12.1 Å². The van der Waals surface area contributed by atoms with Crippen LogP contribution in [0.2, 0.25) is 0 Å². The monoisotopic (exact) mass is 288 g/mol. The lowest BCUT2D eigenvalue weighted by Gasteiger charge is -2.12. The molecule has 1 amide bonds. The number of nitrogens with one attached hydrogen (secondary N) is 1. The molecule has 0 bridgehead atoms. The molecule has 0 aliphatic rings. The third-order valence-electron chi connectivity index (χ3n) is 2.90. The van der Waals surface area contributed by atoms with E-state index >= 15 is 0 Å². The summed E-state index contributed by atoms with van der Waals surface area (Å²) in [5.41, 5.74) is 1.32. The van der Waals surface area contributed by atoms with Gasteiger partial charge in [0.1, 0.15) is 0 Å². The SMILES string of the molecule is CSc1ccc(C(O)CNC(=O)c2ccncc2)cc1. The second-order valence-corrected chi connectivity index (χ2v) is 5.11. The summed E-state index contributed by atoms with van der Waals surface area (Å²) in [4.78, 5) is 16.8. The molecule has 1 atom stereocenters. The Morgan fingerprint density at radius 1 is 1.25 bits per heavy atom. The Labute approximate surface area is 122 Å². The van der Waals surface area contributed by atoms with Crippen LogP contribution in [-0.2, 0) is 0 Å². The predicted octanol–water partition coefficient (Wildman–Crippen LogP) is 2.27. The van der Waals surface area contributed by atoms with Crippen molar-refractivity contribution in [1.82, 2.24) is 10.3 Å². The van der Waals surface area contributed by atoms with Crippen LogP contribution in [0.4, 0.5) is 0 Å². The highest BCUT2D eigenvalue weighted by atomic mass is 32.2. The maximum absolute atomic E-state index is 11.8. The minimum Gasteiger partial charge on any atom is -0.387 e. The van der Waals surface area contributed by atoms with Crippen molar-refractivity contribution in [1.29, 1.82) is 0 Å². The number of aromatic nitrogens is 1. The van der Waals surface area contributed by atoms with Gasteiger partial charge < -0.3 is 10.4 Å². The fraction of sp³-hybridized carbons (Fsp3) is 0.200. The normalized spacial score (nSPS) is 11.9. The molecule has 0 saturated carbocycles. The van der Waals surface area contributed by atoms with E-state index in [2.05, 4.69) is 10.3 Å². The van der Waals surface area contributed by atoms with Crippen molar-refractivity contribution in [3.05, 3.63) is 59.9 Å². The minimum absolute atomic E-state index is 0.180. The molecule has 0 fully saturated rings. The summed E-state index contributed by atoms with van der Waals surface area (Å²) >= 11 is 1.65. The van der Waals surface area contributed by atoms with E-state index in [4.69, 9.17) is 0 Å². The lowest BCUT2D eigenvalue weighted by Crippen LogP contribution is -2.28. The molecule has 1 unspecified atom stereocenters. The molecule has 2 aromatic rings. The van der Waals surface area contributed by atoms with Gasteiger partial charge in [0, 0.05) is 29.4 Å². The van der Waals surface area contributed by atoms with Crippen LogP contribution in [0.1, 0.15) is 22.0 Å². The Balaban J connectivity index is 1.91. The van der Waals surface area contributed by atoms with E-state index in [9.17, 15) is 9.90 Å². The van der Waals surface area contributed by atoms with Crippen LogP contribution in [0.25, 0.3) is 0 Å². The number of hydrogen-bond donors (Lipinski definition) is 2. The van der Waals surface area contributed by atoms with E-state index in [1.165, 1.54) is 0 Å². The zero-order chi connectivity index (χ0) is 14.4. The number of aliphatic hydroxyl groups is 1. The van der Waals surface area contributed by atoms with Gasteiger partial charge in [-0.3, -0.25) is 9.78 Å². The first kappa shape index (κ1) is 14.6. The van der Waals surface area contributed by atoms with Gasteiger partial charge >= 0.3 is 0 Å². The fourth-order valence-electron chi connectivity index (χ4n) is 1.74. The Hall–Kier alpha value is -1.85. The van der Waals surface area contributed by atoms with Gasteiger partial charge in [0.25, 0.3) is 5.91 Å². The molecule has 4 nitrogen and oxygen atoms in total. The molecule has 0 saturated heterocycles. The van der Waals surface area contributed by atoms with Gasteiger partial charge in [0.05, 0.1) is 6.10 Å². The molecular weight excluding hydrogens is 272 g/mol. The highest BCUT2D eigenvalue weighted by Gasteiger charge is 2.10. The average Bonchev–Trinajstić information content (AvgIpc) is 2.53. The fourth-order valence-corrected chi connectivity index (χ4v) is 2.15. The van der Waals surface area contributed by atoms with E-state index in [1.807, 2.05) is 30.5 Å². The first-order chi connectivity index (χ1) is 9.70. The number of carbonyl (C=O) groups is 1. The van der Waals surface area contributed by atoms with Crippen LogP contribution in [0.15, 0.2) is 53.7 Å². The maximum atomic E-state index is 11.8. The molecule has 0 radical (unpaired) electrons. The van der Waals surface area contributed by atoms with Crippen LogP contribution >= 0.6 is 11.8 Å². The second-order valence-electron chi connectivity index (χ2n) is 4.23. The highest BCUT2D eigenvalue weighted by molar-refractivity contribution is 7.98. The highest BCUT2D eigenvalue weighted by Crippen LogP contribution is 2.18. The molecule has 2 N–H and O–H groups in total. The molecule has 1 aromatic carbocycles. The number of rotatable bonds is 5. The zero-order valence-corrected chi connectivity index (χ0v) is 11.9. The summed E-state index contributed by atoms with van der Waals surface area (Å²) in [6.45, 7) is 0.180. The molecular formula is C15H16N2O2S. The van der Waals surface area contributed by atoms with Crippen LogP contribution < -0.4 is 5.32 Å². The molecule has 5 heteroatoms. The van der Waals surface area contributed by atoms with Gasteiger partial charge in [-0.25, -0.2) is 0 Å². The number of aliphatic hydroxyl groups excluding tert-OH is 1. The summed E-state index contributed by atoms with van der Waals surface area (Å²) in [7, 11) is 0. The molecule has 0 aliphatic heterocycles. The average molecular weight is 288 g/mol. The van der Waals surface area contributed by atoms with Crippen molar-refractivity contribution in [2.75, 3.05) is 12.8 Å². The van der Waals surface area contributed by atoms with E-state index in [0.29, 0.717) is 5.56 Å². The van der Waals surface area contributed by atoms with Crippen molar-refractivity contribution in [3.8, 4) is 0 Å². The van der Waals surface area contributed by atoms with Gasteiger partial charge in [-0.05, 0) is 36.1 Å². The number of carbonyl (C=O) groups excluding carboxylic acids is 1. The van der Waals surface area contributed by atoms with E-state index in [-0.39, 0.29) is 12.5 Å². The van der Waals surface area contributed by atoms with Crippen molar-refractivity contribution < 1.29 is 9.90 Å². The van der Waals surface area contributed by atoms with Gasteiger partial charge in [0.2, 0.25) is 0 Å². The summed E-state index contributed by atoms with van der Waals surface area (Å²) in [5, 5.41) is 12.7. The summed E-state index contributed by atoms with van der Waals surface area (Å²) in [6.07, 6.45) is 4.41. The number of hydrogen-bond acceptors (Lipinski definition) is 4. The molecule has 1 aromatic heterocycles. The zero-order valence-electron chi connectivity index (χ0n) is 11.1. The van der Waals surface area contributed by atoms with Crippen molar-refractivity contribution in [3.63, 3.8) is 0 Å². The molecule has 20 heavy (non-hydrogen) atoms. The van der Waals surface area contributed by atoms with E-state index in [0.717, 1.165) is 10.5 Å². The van der Waals surface area contributed by atoms with Crippen molar-refractivity contribution in [2.45, 2.75) is 11.0 Å². The molecule has 0 spiro atoms. The first-order valence-corrected chi connectivity index (χ1v) is 7.43. The van der Waals surface area contributed by atoms with E-state index in [1.54, 1.807) is 36.3 Å². The number of nitrogens with zero attached hydrogens (tertiary/aromatic N) is 1. The Bertz CT molecular complexity index is 558. The van der Waals surface area contributed by atoms with Crippen LogP contribution in [0.3, 0.4) is 0 Å². The smallest absolute Gasteiger partial charge is 0.251 e. The minimum atomic E-state index is -0.711. The third-order valence-corrected chi connectivity index (χ3v) is 3.64. The van der Waals surface area contributed by atoms with Crippen molar-refractivity contribution in [2.24, 2.45) is 0 Å². The third kappa shape index (κ3) is 3.82. The Kier molecular flexibility index (Phi) is 5.15. The lowest BCUT2D eigenvalue weighted by atomic mass is 10.1. The summed E-state index contributed by atoms with van der Waals surface area (Å²) < 4.78 is 0. The quantitative estimate of drug-likeness (QED) is 0.829. The standard InChI is InChI=1S/C15H16N2O2S/c1-20-13-4-2-11(3-5-13)14(18)10-17-15(19)12-6-8-16-9-7-12/h2-9,14,18H,10H2,1H3,(H,17,19). The van der Waals surface area contributed by atoms with Gasteiger partial charge in [-0.15, -0.1) is 11.8 Å². The lowest BCUT2D eigenvalue weighted by molar-refractivity contribution is 0.0916. The molecule has 104 valence electrons. The van der Waals surface area contributed by atoms with Gasteiger partial charge in [-0.2, -0.15) is 0 Å². The van der Waals surface area contributed by atoms with Gasteiger partial charge in [0.15, 0.2) is 0 Å². The van der Waals surface area contributed by atoms with Crippen LogP contribution in [0, 0.1) is 0 Å². The molecule has 0 aliphatic carbocycles. The van der Waals surface area contributed by atoms with Crippen LogP contribution in [0.5, 0.6) is 0 Å². The Morgan fingerprint density at radius 2 is 1.90 bits per heavy atom. The topological polar surface area (TPSA) is 62.2 Å². The maximum Gasteiger partial charge on any atom is 0.251 e. The molecule has 1 heterocycles. The second kappa shape index (κ2) is 7.07. The number of pyridine rings is 1. The van der Waals surface area contributed by atoms with Crippen LogP contribution in [-0.4, -0.2) is 28.8 Å². The largest absolute Gasteiger partial charge is 0.387 e. The Morgan fingerprint density at radius 3 is 2.50 bits per heavy atom.